The maximum atomic E-state index is 11.7. The molecule has 1 rings (SSSR count). The molecule has 17 heavy (non-hydrogen) atoms. The van der Waals surface area contributed by atoms with E-state index in [0.29, 0.717) is 12.2 Å². The zero-order chi connectivity index (χ0) is 12.9. The molecule has 0 spiro atoms. The van der Waals surface area contributed by atoms with E-state index in [-0.39, 0.29) is 22.7 Å². The van der Waals surface area contributed by atoms with Crippen LogP contribution in [0.1, 0.15) is 26.2 Å². The molecule has 0 aromatic heterocycles. The Labute approximate surface area is 108 Å². The van der Waals surface area contributed by atoms with E-state index in [4.69, 9.17) is 0 Å². The molecule has 0 saturated carbocycles. The third kappa shape index (κ3) is 5.29. The van der Waals surface area contributed by atoms with Crippen LogP contribution in [0.25, 0.3) is 0 Å². The predicted molar refractivity (Wildman–Crippen MR) is 72.1 cm³/mol. The van der Waals surface area contributed by atoms with Crippen molar-refractivity contribution in [3.05, 3.63) is 0 Å². The quantitative estimate of drug-likeness (QED) is 0.732. The zero-order valence-corrected chi connectivity index (χ0v) is 12.1. The Bertz CT molecular complexity index is 354. The number of thioether (sulfide) groups is 1. The largest absolute Gasteiger partial charge is 0.345 e. The molecule has 0 bridgehead atoms. The molecule has 1 aliphatic rings. The van der Waals surface area contributed by atoms with Crippen molar-refractivity contribution < 1.29 is 13.2 Å². The van der Waals surface area contributed by atoms with Crippen molar-refractivity contribution in [2.24, 2.45) is 0 Å². The average Bonchev–Trinajstić information content (AvgIpc) is 2.62. The van der Waals surface area contributed by atoms with Gasteiger partial charge in [-0.15, -0.1) is 11.8 Å². The molecular formula is C11H21NO3S2. The van der Waals surface area contributed by atoms with E-state index in [0.717, 1.165) is 19.4 Å². The monoisotopic (exact) mass is 279 g/mol. The van der Waals surface area contributed by atoms with E-state index in [1.165, 1.54) is 11.8 Å². The molecule has 0 aromatic carbocycles. The third-order valence-corrected chi connectivity index (χ3v) is 6.17. The normalized spacial score (nSPS) is 22.6. The Hall–Kier alpha value is -0.230. The maximum absolute atomic E-state index is 11.7. The average molecular weight is 279 g/mol. The first-order valence-electron chi connectivity index (χ1n) is 6.00. The maximum Gasteiger partial charge on any atom is 0.232 e. The highest BCUT2D eigenvalue weighted by molar-refractivity contribution is 8.02. The first-order valence-corrected chi connectivity index (χ1v) is 8.87. The van der Waals surface area contributed by atoms with Gasteiger partial charge in [-0.05, 0) is 12.8 Å². The van der Waals surface area contributed by atoms with Crippen molar-refractivity contribution in [1.29, 1.82) is 0 Å². The summed E-state index contributed by atoms with van der Waals surface area (Å²) < 4.78 is 22.5. The van der Waals surface area contributed by atoms with Crippen molar-refractivity contribution in [3.63, 3.8) is 0 Å². The lowest BCUT2D eigenvalue weighted by atomic mass is 10.3. The summed E-state index contributed by atoms with van der Waals surface area (Å²) in [5.74, 6) is 1.03. The molecule has 0 N–H and O–H groups in total. The molecule has 0 aromatic rings. The van der Waals surface area contributed by atoms with E-state index >= 15 is 0 Å². The Morgan fingerprint density at radius 1 is 1.47 bits per heavy atom. The van der Waals surface area contributed by atoms with Crippen LogP contribution >= 0.6 is 11.8 Å². The molecule has 1 aliphatic heterocycles. The van der Waals surface area contributed by atoms with Gasteiger partial charge in [0.2, 0.25) is 5.91 Å². The Balaban J connectivity index is 2.24. The lowest BCUT2D eigenvalue weighted by Crippen LogP contribution is -2.30. The van der Waals surface area contributed by atoms with Crippen LogP contribution in [0, 0.1) is 0 Å². The number of rotatable bonds is 6. The first-order chi connectivity index (χ1) is 7.94. The van der Waals surface area contributed by atoms with Gasteiger partial charge in [-0.3, -0.25) is 4.79 Å². The summed E-state index contributed by atoms with van der Waals surface area (Å²) in [6.07, 6.45) is 2.79. The molecule has 4 nitrogen and oxygen atoms in total. The topological polar surface area (TPSA) is 54.5 Å². The van der Waals surface area contributed by atoms with E-state index in [1.807, 2.05) is 7.05 Å². The Kier molecular flexibility index (Phi) is 5.79. The molecule has 1 unspecified atom stereocenters. The minimum Gasteiger partial charge on any atom is -0.345 e. The Morgan fingerprint density at radius 2 is 2.18 bits per heavy atom. The second kappa shape index (κ2) is 6.64. The van der Waals surface area contributed by atoms with Crippen LogP contribution < -0.4 is 0 Å². The molecule has 100 valence electrons. The van der Waals surface area contributed by atoms with Gasteiger partial charge in [0, 0.05) is 18.8 Å². The molecule has 6 heteroatoms. The number of hydrogen-bond acceptors (Lipinski definition) is 4. The lowest BCUT2D eigenvalue weighted by Gasteiger charge is -2.17. The number of carbonyl (C=O) groups is 1. The third-order valence-electron chi connectivity index (χ3n) is 2.91. The van der Waals surface area contributed by atoms with Gasteiger partial charge in [-0.1, -0.05) is 13.3 Å². The summed E-state index contributed by atoms with van der Waals surface area (Å²) in [5, 5.41) is 0.114. The van der Waals surface area contributed by atoms with E-state index in [9.17, 15) is 13.2 Å². The van der Waals surface area contributed by atoms with Crippen molar-refractivity contribution in [2.75, 3.05) is 30.9 Å². The van der Waals surface area contributed by atoms with Gasteiger partial charge in [-0.2, -0.15) is 0 Å². The highest BCUT2D eigenvalue weighted by atomic mass is 32.2. The highest BCUT2D eigenvalue weighted by Gasteiger charge is 2.28. The standard InChI is InChI=1S/C11H21NO3S2/c1-3-4-6-12(2)11(13)8-16-10-5-7-17(14,15)9-10/h10H,3-9H2,1-2H3. The predicted octanol–water partition coefficient (Wildman–Crippen LogP) is 1.17. The molecule has 1 saturated heterocycles. The fourth-order valence-corrected chi connectivity index (χ4v) is 5.29. The number of amides is 1. The molecule has 1 atom stereocenters. The second-order valence-corrected chi connectivity index (χ2v) is 8.02. The van der Waals surface area contributed by atoms with E-state index in [1.54, 1.807) is 4.90 Å². The van der Waals surface area contributed by atoms with Crippen LogP contribution in [0.2, 0.25) is 0 Å². The van der Waals surface area contributed by atoms with E-state index < -0.39 is 9.84 Å². The summed E-state index contributed by atoms with van der Waals surface area (Å²) in [7, 11) is -1.01. The SMILES string of the molecule is CCCCN(C)C(=O)CSC1CCS(=O)(=O)C1. The van der Waals surface area contributed by atoms with Gasteiger partial charge in [-0.25, -0.2) is 8.42 Å². The van der Waals surface area contributed by atoms with Crippen LogP contribution in [-0.4, -0.2) is 55.3 Å². The number of nitrogens with zero attached hydrogens (tertiary/aromatic N) is 1. The first kappa shape index (κ1) is 14.8. The fourth-order valence-electron chi connectivity index (χ4n) is 1.71. The van der Waals surface area contributed by atoms with Crippen LogP contribution in [0.15, 0.2) is 0 Å². The Morgan fingerprint density at radius 3 is 2.71 bits per heavy atom. The van der Waals surface area contributed by atoms with Crippen LogP contribution in [0.3, 0.4) is 0 Å². The zero-order valence-electron chi connectivity index (χ0n) is 10.5. The summed E-state index contributed by atoms with van der Waals surface area (Å²) >= 11 is 1.49. The van der Waals surface area contributed by atoms with Crippen LogP contribution in [-0.2, 0) is 14.6 Å². The number of hydrogen-bond donors (Lipinski definition) is 0. The highest BCUT2D eigenvalue weighted by Crippen LogP contribution is 2.24. The van der Waals surface area contributed by atoms with Crippen LogP contribution in [0.5, 0.6) is 0 Å². The van der Waals surface area contributed by atoms with Gasteiger partial charge < -0.3 is 4.90 Å². The van der Waals surface area contributed by atoms with Crippen molar-refractivity contribution >= 4 is 27.5 Å². The second-order valence-electron chi connectivity index (χ2n) is 4.50. The fraction of sp³-hybridized carbons (Fsp3) is 0.909. The van der Waals surface area contributed by atoms with Gasteiger partial charge in [0.25, 0.3) is 0 Å². The molecular weight excluding hydrogens is 258 g/mol. The van der Waals surface area contributed by atoms with Crippen LogP contribution in [0.4, 0.5) is 0 Å². The number of unbranched alkanes of at least 4 members (excludes halogenated alkanes) is 1. The molecule has 0 radical (unpaired) electrons. The molecule has 1 heterocycles. The molecule has 1 amide bonds. The van der Waals surface area contributed by atoms with Crippen molar-refractivity contribution in [1.82, 2.24) is 4.90 Å². The number of sulfone groups is 1. The summed E-state index contributed by atoms with van der Waals surface area (Å²) in [4.78, 5) is 13.5. The minimum absolute atomic E-state index is 0.104. The van der Waals surface area contributed by atoms with Gasteiger partial charge in [0.1, 0.15) is 0 Å². The van der Waals surface area contributed by atoms with Gasteiger partial charge in [0.15, 0.2) is 9.84 Å². The molecule has 1 fully saturated rings. The lowest BCUT2D eigenvalue weighted by molar-refractivity contribution is -0.127. The van der Waals surface area contributed by atoms with Gasteiger partial charge in [0.05, 0.1) is 17.3 Å². The van der Waals surface area contributed by atoms with E-state index in [2.05, 4.69) is 6.92 Å². The summed E-state index contributed by atoms with van der Waals surface area (Å²) in [6.45, 7) is 2.88. The summed E-state index contributed by atoms with van der Waals surface area (Å²) in [5.41, 5.74) is 0. The van der Waals surface area contributed by atoms with Crippen molar-refractivity contribution in [3.8, 4) is 0 Å². The smallest absolute Gasteiger partial charge is 0.232 e. The summed E-state index contributed by atoms with van der Waals surface area (Å²) in [6, 6.07) is 0. The minimum atomic E-state index is -2.82. The number of carbonyl (C=O) groups excluding carboxylic acids is 1. The molecule has 0 aliphatic carbocycles. The van der Waals surface area contributed by atoms with Gasteiger partial charge >= 0.3 is 0 Å². The van der Waals surface area contributed by atoms with Crippen molar-refractivity contribution in [2.45, 2.75) is 31.4 Å².